The summed E-state index contributed by atoms with van der Waals surface area (Å²) in [7, 11) is 0. The summed E-state index contributed by atoms with van der Waals surface area (Å²) in [6, 6.07) is 9.14. The maximum atomic E-state index is 11.0. The molecule has 0 spiro atoms. The predicted molar refractivity (Wildman–Crippen MR) is 60.3 cm³/mol. The smallest absolute Gasteiger partial charge is 0.411 e. The average Bonchev–Trinajstić information content (AvgIpc) is 2.30. The second kappa shape index (κ2) is 6.40. The highest BCUT2D eigenvalue weighted by Gasteiger charge is 2.04. The van der Waals surface area contributed by atoms with Crippen LogP contribution < -0.4 is 5.32 Å². The molecule has 0 aliphatic rings. The lowest BCUT2D eigenvalue weighted by atomic mass is 10.2. The lowest BCUT2D eigenvalue weighted by Gasteiger charge is -2.03. The van der Waals surface area contributed by atoms with Crippen molar-refractivity contribution in [3.8, 4) is 0 Å². The Hall–Kier alpha value is -2.10. The van der Waals surface area contributed by atoms with Crippen LogP contribution in [0.3, 0.4) is 0 Å². The van der Waals surface area contributed by atoms with E-state index in [2.05, 4.69) is 10.1 Å². The predicted octanol–water partition coefficient (Wildman–Crippen LogP) is 1.88. The number of benzene rings is 1. The molecule has 1 aromatic rings. The van der Waals surface area contributed by atoms with E-state index in [0.29, 0.717) is 0 Å². The second-order valence-electron chi connectivity index (χ2n) is 2.92. The van der Waals surface area contributed by atoms with E-state index < -0.39 is 6.09 Å². The fourth-order valence-corrected chi connectivity index (χ4v) is 1.08. The van der Waals surface area contributed by atoms with E-state index in [4.69, 9.17) is 0 Å². The van der Waals surface area contributed by atoms with Crippen molar-refractivity contribution in [2.45, 2.75) is 6.92 Å². The quantitative estimate of drug-likeness (QED) is 0.785. The minimum atomic E-state index is -0.659. The molecule has 0 heterocycles. The van der Waals surface area contributed by atoms with Gasteiger partial charge >= 0.3 is 6.09 Å². The Morgan fingerprint density at radius 3 is 2.69 bits per heavy atom. The van der Waals surface area contributed by atoms with Gasteiger partial charge in [-0.1, -0.05) is 30.3 Å². The normalized spacial score (nSPS) is 10.7. The highest BCUT2D eigenvalue weighted by molar-refractivity contribution is 5.87. The molecule has 4 heteroatoms. The van der Waals surface area contributed by atoms with E-state index in [1.54, 1.807) is 13.2 Å². The zero-order valence-electron chi connectivity index (χ0n) is 8.90. The van der Waals surface area contributed by atoms with Gasteiger partial charge in [0, 0.05) is 0 Å². The van der Waals surface area contributed by atoms with Crippen molar-refractivity contribution in [2.24, 2.45) is 0 Å². The lowest BCUT2D eigenvalue weighted by Crippen LogP contribution is -2.24. The molecule has 83 valence electrons. The number of hydrogen-bond donors (Lipinski definition) is 1. The zero-order valence-corrected chi connectivity index (χ0v) is 8.90. The second-order valence-corrected chi connectivity index (χ2v) is 2.92. The molecule has 0 saturated heterocycles. The van der Waals surface area contributed by atoms with Crippen molar-refractivity contribution in [2.75, 3.05) is 6.61 Å². The Morgan fingerprint density at radius 2 is 2.12 bits per heavy atom. The van der Waals surface area contributed by atoms with E-state index in [1.807, 2.05) is 30.3 Å². The molecule has 0 bridgehead atoms. The van der Waals surface area contributed by atoms with Gasteiger partial charge in [-0.2, -0.15) is 0 Å². The number of nitrogens with one attached hydrogen (secondary N) is 1. The summed E-state index contributed by atoms with van der Waals surface area (Å²) in [5.41, 5.74) is 0.849. The van der Waals surface area contributed by atoms with Crippen molar-refractivity contribution >= 4 is 18.5 Å². The number of allylic oxidation sites excluding steroid dienone is 1. The molecule has 0 aliphatic carbocycles. The number of amides is 1. The average molecular weight is 218 g/mol. The van der Waals surface area contributed by atoms with E-state index in [0.717, 1.165) is 5.56 Å². The van der Waals surface area contributed by atoms with Crippen molar-refractivity contribution in [3.63, 3.8) is 0 Å². The summed E-state index contributed by atoms with van der Waals surface area (Å²) in [4.78, 5) is 21.6. The van der Waals surface area contributed by atoms with Crippen LogP contribution in [0, 0.1) is 0 Å². The van der Waals surface area contributed by atoms with Crippen LogP contribution in [0.5, 0.6) is 0 Å². The SMILES string of the molecule is CCOC(=O)NC([C]=O)=Cc1ccccc1. The third kappa shape index (κ3) is 3.96. The van der Waals surface area contributed by atoms with Crippen LogP contribution in [-0.2, 0) is 9.53 Å². The fourth-order valence-electron chi connectivity index (χ4n) is 1.08. The van der Waals surface area contributed by atoms with Gasteiger partial charge in [0.2, 0.25) is 0 Å². The first-order valence-corrected chi connectivity index (χ1v) is 4.85. The molecule has 16 heavy (non-hydrogen) atoms. The largest absolute Gasteiger partial charge is 0.450 e. The van der Waals surface area contributed by atoms with E-state index >= 15 is 0 Å². The molecule has 1 rings (SSSR count). The Labute approximate surface area is 93.9 Å². The van der Waals surface area contributed by atoms with Gasteiger partial charge in [0.15, 0.2) is 0 Å². The number of hydrogen-bond acceptors (Lipinski definition) is 3. The number of carbonyl (C=O) groups is 1. The maximum absolute atomic E-state index is 11.0. The molecule has 1 N–H and O–H groups in total. The monoisotopic (exact) mass is 218 g/mol. The van der Waals surface area contributed by atoms with Gasteiger partial charge in [-0.15, -0.1) is 0 Å². The topological polar surface area (TPSA) is 55.4 Å². The molecule has 4 nitrogen and oxygen atoms in total. The molecule has 0 unspecified atom stereocenters. The van der Waals surface area contributed by atoms with Gasteiger partial charge in [0.05, 0.1) is 12.3 Å². The zero-order chi connectivity index (χ0) is 11.8. The Bertz CT molecular complexity index is 385. The molecular formula is C12H12NO3. The van der Waals surface area contributed by atoms with Gasteiger partial charge in [0.1, 0.15) is 0 Å². The van der Waals surface area contributed by atoms with Crippen LogP contribution in [0.2, 0.25) is 0 Å². The number of rotatable bonds is 4. The lowest BCUT2D eigenvalue weighted by molar-refractivity contribution is 0.155. The molecule has 0 fully saturated rings. The minimum Gasteiger partial charge on any atom is -0.450 e. The van der Waals surface area contributed by atoms with Crippen molar-refractivity contribution in [1.29, 1.82) is 0 Å². The number of alkyl carbamates (subject to hydrolysis) is 1. The summed E-state index contributed by atoms with van der Waals surface area (Å²) in [6.45, 7) is 1.94. The van der Waals surface area contributed by atoms with Crippen LogP contribution in [0.25, 0.3) is 6.08 Å². The van der Waals surface area contributed by atoms with E-state index in [1.165, 1.54) is 6.08 Å². The third-order valence-electron chi connectivity index (χ3n) is 1.73. The molecule has 0 aromatic heterocycles. The number of ether oxygens (including phenoxy) is 1. The highest BCUT2D eigenvalue weighted by atomic mass is 16.5. The maximum Gasteiger partial charge on any atom is 0.411 e. The molecule has 0 atom stereocenters. The van der Waals surface area contributed by atoms with Crippen LogP contribution in [0.4, 0.5) is 4.79 Å². The molecule has 1 aromatic carbocycles. The summed E-state index contributed by atoms with van der Waals surface area (Å²) >= 11 is 0. The van der Waals surface area contributed by atoms with Crippen LogP contribution >= 0.6 is 0 Å². The summed E-state index contributed by atoms with van der Waals surface area (Å²) < 4.78 is 4.64. The Balaban J connectivity index is 2.71. The summed E-state index contributed by atoms with van der Waals surface area (Å²) in [5, 5.41) is 2.29. The van der Waals surface area contributed by atoms with E-state index in [9.17, 15) is 9.59 Å². The van der Waals surface area contributed by atoms with Gasteiger partial charge < -0.3 is 4.74 Å². The van der Waals surface area contributed by atoms with Crippen molar-refractivity contribution < 1.29 is 14.3 Å². The first-order chi connectivity index (χ1) is 7.76. The minimum absolute atomic E-state index is 0.0460. The highest BCUT2D eigenvalue weighted by Crippen LogP contribution is 2.03. The van der Waals surface area contributed by atoms with Crippen molar-refractivity contribution in [1.82, 2.24) is 5.32 Å². The molecule has 0 saturated carbocycles. The van der Waals surface area contributed by atoms with E-state index in [-0.39, 0.29) is 12.3 Å². The first kappa shape index (κ1) is 12.0. The van der Waals surface area contributed by atoms with Crippen LogP contribution in [-0.4, -0.2) is 19.0 Å². The van der Waals surface area contributed by atoms with Gasteiger partial charge in [-0.3, -0.25) is 10.1 Å². The first-order valence-electron chi connectivity index (χ1n) is 4.85. The molecular weight excluding hydrogens is 206 g/mol. The standard InChI is InChI=1S/C12H12NO3/c1-2-16-12(15)13-11(9-14)8-10-6-4-3-5-7-10/h3-8H,2H2,1H3,(H,13,15). The van der Waals surface area contributed by atoms with Crippen LogP contribution in [0.15, 0.2) is 36.0 Å². The van der Waals surface area contributed by atoms with Gasteiger partial charge in [-0.05, 0) is 18.6 Å². The number of carbonyl (C=O) groups excluding carboxylic acids is 2. The fraction of sp³-hybridized carbons (Fsp3) is 0.167. The van der Waals surface area contributed by atoms with Crippen LogP contribution in [0.1, 0.15) is 12.5 Å². The Morgan fingerprint density at radius 1 is 1.44 bits per heavy atom. The summed E-state index contributed by atoms with van der Waals surface area (Å²) in [5.74, 6) is 0. The summed E-state index contributed by atoms with van der Waals surface area (Å²) in [6.07, 6.45) is 2.50. The Kier molecular flexibility index (Phi) is 4.79. The van der Waals surface area contributed by atoms with Gasteiger partial charge in [-0.25, -0.2) is 4.79 Å². The molecule has 1 radical (unpaired) electrons. The molecule has 0 aliphatic heterocycles. The molecule has 1 amide bonds. The van der Waals surface area contributed by atoms with Gasteiger partial charge in [0.25, 0.3) is 6.29 Å². The third-order valence-corrected chi connectivity index (χ3v) is 1.73. The van der Waals surface area contributed by atoms with Crippen molar-refractivity contribution in [3.05, 3.63) is 41.6 Å².